The van der Waals surface area contributed by atoms with Crippen LogP contribution in [0.5, 0.6) is 5.75 Å². The molecular weight excluding hydrogens is 316 g/mol. The van der Waals surface area contributed by atoms with Gasteiger partial charge in [0.25, 0.3) is 0 Å². The molecule has 2 saturated carbocycles. The Morgan fingerprint density at radius 2 is 2.00 bits per heavy atom. The normalized spacial score (nSPS) is 28.7. The zero-order chi connectivity index (χ0) is 14.0. The van der Waals surface area contributed by atoms with Gasteiger partial charge in [-0.25, -0.2) is 0 Å². The van der Waals surface area contributed by atoms with E-state index in [1.165, 1.54) is 38.5 Å². The monoisotopic (exact) mass is 338 g/mol. The first-order valence-electron chi connectivity index (χ1n) is 7.69. The highest BCUT2D eigenvalue weighted by Gasteiger charge is 2.55. The van der Waals surface area contributed by atoms with Gasteiger partial charge in [0.05, 0.1) is 6.20 Å². The molecular formula is C16H23BrN2O. The van der Waals surface area contributed by atoms with E-state index in [1.54, 1.807) is 6.20 Å². The van der Waals surface area contributed by atoms with Crippen LogP contribution in [0.4, 0.5) is 0 Å². The minimum absolute atomic E-state index is 0.341. The summed E-state index contributed by atoms with van der Waals surface area (Å²) >= 11 is 3.46. The third-order valence-electron chi connectivity index (χ3n) is 5.13. The molecule has 20 heavy (non-hydrogen) atoms. The van der Waals surface area contributed by atoms with Crippen LogP contribution in [0.15, 0.2) is 22.9 Å². The Morgan fingerprint density at radius 1 is 1.25 bits per heavy atom. The number of aromatic nitrogens is 1. The van der Waals surface area contributed by atoms with Gasteiger partial charge >= 0.3 is 0 Å². The van der Waals surface area contributed by atoms with Crippen molar-refractivity contribution < 1.29 is 4.74 Å². The number of nitrogens with zero attached hydrogens (tertiary/aromatic N) is 1. The molecule has 1 aromatic rings. The van der Waals surface area contributed by atoms with Crippen molar-refractivity contribution in [1.82, 2.24) is 10.3 Å². The van der Waals surface area contributed by atoms with Crippen molar-refractivity contribution in [2.45, 2.75) is 57.1 Å². The van der Waals surface area contributed by atoms with Crippen molar-refractivity contribution in [1.29, 1.82) is 0 Å². The summed E-state index contributed by atoms with van der Waals surface area (Å²) in [6.45, 7) is 0. The fourth-order valence-corrected chi connectivity index (χ4v) is 4.34. The van der Waals surface area contributed by atoms with Crippen LogP contribution in [0.1, 0.15) is 44.9 Å². The molecule has 1 aromatic heterocycles. The summed E-state index contributed by atoms with van der Waals surface area (Å²) in [5.41, 5.74) is 0.341. The predicted molar refractivity (Wildman–Crippen MR) is 84.0 cm³/mol. The lowest BCUT2D eigenvalue weighted by Crippen LogP contribution is -2.64. The molecule has 3 nitrogen and oxygen atoms in total. The van der Waals surface area contributed by atoms with Gasteiger partial charge in [-0.3, -0.25) is 4.98 Å². The summed E-state index contributed by atoms with van der Waals surface area (Å²) < 4.78 is 7.26. The van der Waals surface area contributed by atoms with E-state index in [1.807, 2.05) is 12.3 Å². The van der Waals surface area contributed by atoms with E-state index in [-0.39, 0.29) is 0 Å². The zero-order valence-electron chi connectivity index (χ0n) is 12.1. The first kappa shape index (κ1) is 14.3. The average molecular weight is 339 g/mol. The lowest BCUT2D eigenvalue weighted by Gasteiger charge is -2.55. The van der Waals surface area contributed by atoms with E-state index in [2.05, 4.69) is 33.3 Å². The molecule has 2 aliphatic carbocycles. The summed E-state index contributed by atoms with van der Waals surface area (Å²) in [5.74, 6) is 0.891. The average Bonchev–Trinajstić information content (AvgIpc) is 2.71. The number of rotatable bonds is 3. The second kappa shape index (κ2) is 6.02. The van der Waals surface area contributed by atoms with Gasteiger partial charge in [0, 0.05) is 28.5 Å². The van der Waals surface area contributed by atoms with E-state index in [0.29, 0.717) is 17.6 Å². The van der Waals surface area contributed by atoms with Crippen LogP contribution in [0, 0.1) is 5.41 Å². The van der Waals surface area contributed by atoms with Gasteiger partial charge in [0.2, 0.25) is 0 Å². The van der Waals surface area contributed by atoms with Crippen LogP contribution in [0.2, 0.25) is 0 Å². The van der Waals surface area contributed by atoms with E-state index in [9.17, 15) is 0 Å². The van der Waals surface area contributed by atoms with Crippen LogP contribution in [-0.4, -0.2) is 24.2 Å². The van der Waals surface area contributed by atoms with E-state index in [4.69, 9.17) is 4.74 Å². The van der Waals surface area contributed by atoms with Gasteiger partial charge in [-0.1, -0.05) is 25.7 Å². The Bertz CT molecular complexity index is 458. The van der Waals surface area contributed by atoms with Crippen LogP contribution in [-0.2, 0) is 0 Å². The van der Waals surface area contributed by atoms with Crippen molar-refractivity contribution >= 4 is 15.9 Å². The highest BCUT2D eigenvalue weighted by molar-refractivity contribution is 9.10. The Morgan fingerprint density at radius 3 is 2.65 bits per heavy atom. The van der Waals surface area contributed by atoms with Crippen LogP contribution >= 0.6 is 15.9 Å². The smallest absolute Gasteiger partial charge is 0.139 e. The highest BCUT2D eigenvalue weighted by Crippen LogP contribution is 2.52. The maximum Gasteiger partial charge on any atom is 0.139 e. The fourth-order valence-electron chi connectivity index (χ4n) is 4.00. The third-order valence-corrected chi connectivity index (χ3v) is 5.56. The number of hydrogen-bond acceptors (Lipinski definition) is 3. The summed E-state index contributed by atoms with van der Waals surface area (Å²) in [6, 6.07) is 2.63. The van der Waals surface area contributed by atoms with Gasteiger partial charge < -0.3 is 10.1 Å². The minimum atomic E-state index is 0.341. The summed E-state index contributed by atoms with van der Waals surface area (Å²) in [7, 11) is 2.09. The van der Waals surface area contributed by atoms with Crippen molar-refractivity contribution in [3.8, 4) is 5.75 Å². The molecule has 0 amide bonds. The molecule has 2 aliphatic rings. The molecule has 0 bridgehead atoms. The number of pyridine rings is 1. The van der Waals surface area contributed by atoms with Gasteiger partial charge in [0.15, 0.2) is 0 Å². The third kappa shape index (κ3) is 2.60. The fraction of sp³-hybridized carbons (Fsp3) is 0.688. The Balaban J connectivity index is 1.75. The van der Waals surface area contributed by atoms with Crippen LogP contribution in [0.3, 0.4) is 0 Å². The standard InChI is InChI=1S/C16H23BrN2O/c1-18-14-9-15(16(14)6-4-2-3-5-7-16)20-13-8-12(17)10-19-11-13/h8,10-11,14-15,18H,2-7,9H2,1H3. The molecule has 3 rings (SSSR count). The SMILES string of the molecule is CNC1CC(Oc2cncc(Br)c2)C12CCCCCC2. The summed E-state index contributed by atoms with van der Waals surface area (Å²) in [4.78, 5) is 4.20. The number of halogens is 1. The minimum Gasteiger partial charge on any atom is -0.488 e. The van der Waals surface area contributed by atoms with Crippen molar-refractivity contribution in [3.05, 3.63) is 22.9 Å². The van der Waals surface area contributed by atoms with Gasteiger partial charge in [-0.2, -0.15) is 0 Å². The highest BCUT2D eigenvalue weighted by atomic mass is 79.9. The molecule has 2 fully saturated rings. The van der Waals surface area contributed by atoms with Crippen LogP contribution in [0.25, 0.3) is 0 Å². The largest absolute Gasteiger partial charge is 0.488 e. The Labute approximate surface area is 129 Å². The van der Waals surface area contributed by atoms with Gasteiger partial charge in [-0.15, -0.1) is 0 Å². The molecule has 2 atom stereocenters. The zero-order valence-corrected chi connectivity index (χ0v) is 13.7. The lowest BCUT2D eigenvalue weighted by molar-refractivity contribution is -0.0883. The molecule has 4 heteroatoms. The molecule has 0 saturated heterocycles. The Kier molecular flexibility index (Phi) is 4.32. The first-order chi connectivity index (χ1) is 9.74. The van der Waals surface area contributed by atoms with Gasteiger partial charge in [-0.05, 0) is 41.9 Å². The molecule has 1 heterocycles. The predicted octanol–water partition coefficient (Wildman–Crippen LogP) is 3.92. The molecule has 0 aliphatic heterocycles. The molecule has 2 unspecified atom stereocenters. The number of hydrogen-bond donors (Lipinski definition) is 1. The van der Waals surface area contributed by atoms with Gasteiger partial charge in [0.1, 0.15) is 11.9 Å². The summed E-state index contributed by atoms with van der Waals surface area (Å²) in [5, 5.41) is 3.51. The molecule has 0 radical (unpaired) electrons. The molecule has 1 spiro atoms. The van der Waals surface area contributed by atoms with Crippen LogP contribution < -0.4 is 10.1 Å². The van der Waals surface area contributed by atoms with E-state index >= 15 is 0 Å². The first-order valence-corrected chi connectivity index (χ1v) is 8.48. The van der Waals surface area contributed by atoms with Crippen molar-refractivity contribution in [2.24, 2.45) is 5.41 Å². The topological polar surface area (TPSA) is 34.1 Å². The second-order valence-electron chi connectivity index (χ2n) is 6.17. The maximum atomic E-state index is 6.28. The maximum absolute atomic E-state index is 6.28. The van der Waals surface area contributed by atoms with E-state index < -0.39 is 0 Å². The Hall–Kier alpha value is -0.610. The molecule has 1 N–H and O–H groups in total. The number of ether oxygens (including phenoxy) is 1. The quantitative estimate of drug-likeness (QED) is 0.906. The number of nitrogens with one attached hydrogen (secondary N) is 1. The molecule has 110 valence electrons. The summed E-state index contributed by atoms with van der Waals surface area (Å²) in [6.07, 6.45) is 13.1. The lowest BCUT2D eigenvalue weighted by atomic mass is 9.58. The van der Waals surface area contributed by atoms with Crippen molar-refractivity contribution in [2.75, 3.05) is 7.05 Å². The van der Waals surface area contributed by atoms with Crippen molar-refractivity contribution in [3.63, 3.8) is 0 Å². The van der Waals surface area contributed by atoms with E-state index in [0.717, 1.165) is 16.6 Å². The second-order valence-corrected chi connectivity index (χ2v) is 7.09. The molecule has 0 aromatic carbocycles.